The molecule has 0 aromatic heterocycles. The van der Waals surface area contributed by atoms with Crippen LogP contribution in [0.25, 0.3) is 0 Å². The van der Waals surface area contributed by atoms with E-state index in [1.807, 2.05) is 0 Å². The van der Waals surface area contributed by atoms with Crippen molar-refractivity contribution >= 4 is 0 Å². The minimum absolute atomic E-state index is 0.513. The SMILES string of the molecule is CC(C)CCOc1ccccc1C12CC(C1)C2. The summed E-state index contributed by atoms with van der Waals surface area (Å²) < 4.78 is 5.99. The van der Waals surface area contributed by atoms with Crippen LogP contribution in [-0.4, -0.2) is 6.61 Å². The number of rotatable bonds is 5. The van der Waals surface area contributed by atoms with Crippen molar-refractivity contribution in [2.24, 2.45) is 11.8 Å². The Kier molecular flexibility index (Phi) is 2.65. The summed E-state index contributed by atoms with van der Waals surface area (Å²) in [6.07, 6.45) is 5.34. The predicted octanol–water partition coefficient (Wildman–Crippen LogP) is 4.16. The molecular formula is C16H22O. The average Bonchev–Trinajstić information content (AvgIpc) is 2.15. The largest absolute Gasteiger partial charge is 0.493 e. The molecule has 0 spiro atoms. The van der Waals surface area contributed by atoms with E-state index >= 15 is 0 Å². The molecular weight excluding hydrogens is 208 g/mol. The first-order valence-corrected chi connectivity index (χ1v) is 6.92. The van der Waals surface area contributed by atoms with E-state index in [1.54, 1.807) is 0 Å². The quantitative estimate of drug-likeness (QED) is 0.738. The normalized spacial score (nSPS) is 29.7. The number of ether oxygens (including phenoxy) is 1. The lowest BCUT2D eigenvalue weighted by Crippen LogP contribution is -2.55. The summed E-state index contributed by atoms with van der Waals surface area (Å²) >= 11 is 0. The molecule has 1 nitrogen and oxygen atoms in total. The second-order valence-electron chi connectivity index (χ2n) is 6.29. The van der Waals surface area contributed by atoms with Crippen LogP contribution in [0.5, 0.6) is 5.75 Å². The van der Waals surface area contributed by atoms with Gasteiger partial charge in [0.1, 0.15) is 5.75 Å². The molecule has 17 heavy (non-hydrogen) atoms. The first kappa shape index (κ1) is 11.1. The molecule has 92 valence electrons. The number of para-hydroxylation sites is 1. The number of benzene rings is 1. The van der Waals surface area contributed by atoms with Crippen LogP contribution in [0, 0.1) is 11.8 Å². The van der Waals surface area contributed by atoms with Crippen molar-refractivity contribution in [1.82, 2.24) is 0 Å². The molecule has 3 fully saturated rings. The molecule has 0 saturated heterocycles. The van der Waals surface area contributed by atoms with Crippen LogP contribution in [-0.2, 0) is 5.41 Å². The minimum Gasteiger partial charge on any atom is -0.493 e. The maximum Gasteiger partial charge on any atom is 0.123 e. The second kappa shape index (κ2) is 4.04. The lowest BCUT2D eigenvalue weighted by molar-refractivity contribution is -0.0293. The highest BCUT2D eigenvalue weighted by molar-refractivity contribution is 5.45. The van der Waals surface area contributed by atoms with Crippen molar-refractivity contribution in [3.05, 3.63) is 29.8 Å². The van der Waals surface area contributed by atoms with Gasteiger partial charge in [-0.25, -0.2) is 0 Å². The summed E-state index contributed by atoms with van der Waals surface area (Å²) in [7, 11) is 0. The van der Waals surface area contributed by atoms with E-state index in [0.29, 0.717) is 5.41 Å². The minimum atomic E-state index is 0.513. The number of hydrogen-bond donors (Lipinski definition) is 0. The lowest BCUT2D eigenvalue weighted by atomic mass is 9.42. The van der Waals surface area contributed by atoms with Gasteiger partial charge < -0.3 is 4.74 Å². The summed E-state index contributed by atoms with van der Waals surface area (Å²) in [6, 6.07) is 8.68. The highest BCUT2D eigenvalue weighted by Crippen LogP contribution is 2.66. The van der Waals surface area contributed by atoms with Crippen LogP contribution < -0.4 is 4.74 Å². The van der Waals surface area contributed by atoms with Crippen LogP contribution >= 0.6 is 0 Å². The third-order valence-electron chi connectivity index (χ3n) is 4.45. The molecule has 2 bridgehead atoms. The van der Waals surface area contributed by atoms with Crippen molar-refractivity contribution < 1.29 is 4.74 Å². The molecule has 0 aliphatic heterocycles. The van der Waals surface area contributed by atoms with Gasteiger partial charge in [0, 0.05) is 5.56 Å². The zero-order valence-corrected chi connectivity index (χ0v) is 10.9. The van der Waals surface area contributed by atoms with E-state index in [0.717, 1.165) is 30.6 Å². The van der Waals surface area contributed by atoms with Crippen molar-refractivity contribution in [3.8, 4) is 5.75 Å². The van der Waals surface area contributed by atoms with Gasteiger partial charge in [0.05, 0.1) is 6.61 Å². The van der Waals surface area contributed by atoms with Gasteiger partial charge in [-0.3, -0.25) is 0 Å². The standard InChI is InChI=1S/C16H22O/c1-12(2)7-8-17-15-6-4-3-5-14(15)16-9-13(10-16)11-16/h3-6,12-13H,7-11H2,1-2H3. The Bertz CT molecular complexity index is 391. The molecule has 0 amide bonds. The van der Waals surface area contributed by atoms with Gasteiger partial charge in [-0.05, 0) is 49.0 Å². The first-order chi connectivity index (χ1) is 8.20. The third-order valence-corrected chi connectivity index (χ3v) is 4.45. The van der Waals surface area contributed by atoms with Crippen LogP contribution in [0.1, 0.15) is 45.1 Å². The van der Waals surface area contributed by atoms with E-state index in [2.05, 4.69) is 38.1 Å². The van der Waals surface area contributed by atoms with Gasteiger partial charge in [0.15, 0.2) is 0 Å². The molecule has 1 heteroatoms. The van der Waals surface area contributed by atoms with Crippen LogP contribution in [0.2, 0.25) is 0 Å². The fraction of sp³-hybridized carbons (Fsp3) is 0.625. The summed E-state index contributed by atoms with van der Waals surface area (Å²) in [5.41, 5.74) is 1.99. The van der Waals surface area contributed by atoms with E-state index in [1.165, 1.54) is 24.8 Å². The van der Waals surface area contributed by atoms with Crippen molar-refractivity contribution in [2.75, 3.05) is 6.61 Å². The second-order valence-corrected chi connectivity index (χ2v) is 6.29. The Morgan fingerprint density at radius 1 is 1.24 bits per heavy atom. The van der Waals surface area contributed by atoms with Gasteiger partial charge >= 0.3 is 0 Å². The van der Waals surface area contributed by atoms with E-state index in [4.69, 9.17) is 4.74 Å². The van der Waals surface area contributed by atoms with Gasteiger partial charge in [-0.2, -0.15) is 0 Å². The maximum atomic E-state index is 5.99. The zero-order valence-electron chi connectivity index (χ0n) is 10.9. The molecule has 3 aliphatic carbocycles. The van der Waals surface area contributed by atoms with Gasteiger partial charge in [0.2, 0.25) is 0 Å². The van der Waals surface area contributed by atoms with Crippen molar-refractivity contribution in [1.29, 1.82) is 0 Å². The number of hydrogen-bond acceptors (Lipinski definition) is 1. The fourth-order valence-electron chi connectivity index (χ4n) is 3.24. The maximum absolute atomic E-state index is 5.99. The highest BCUT2D eigenvalue weighted by atomic mass is 16.5. The van der Waals surface area contributed by atoms with Crippen LogP contribution in [0.15, 0.2) is 24.3 Å². The van der Waals surface area contributed by atoms with Crippen LogP contribution in [0.4, 0.5) is 0 Å². The molecule has 0 N–H and O–H groups in total. The molecule has 3 saturated carbocycles. The third kappa shape index (κ3) is 1.86. The topological polar surface area (TPSA) is 9.23 Å². The lowest BCUT2D eigenvalue weighted by Gasteiger charge is -2.62. The molecule has 3 aliphatic rings. The highest BCUT2D eigenvalue weighted by Gasteiger charge is 2.58. The van der Waals surface area contributed by atoms with Gasteiger partial charge in [0.25, 0.3) is 0 Å². The molecule has 0 atom stereocenters. The molecule has 0 unspecified atom stereocenters. The first-order valence-electron chi connectivity index (χ1n) is 6.92. The summed E-state index contributed by atoms with van der Waals surface area (Å²) in [5, 5.41) is 0. The van der Waals surface area contributed by atoms with Crippen molar-refractivity contribution in [3.63, 3.8) is 0 Å². The van der Waals surface area contributed by atoms with Crippen molar-refractivity contribution in [2.45, 2.75) is 44.9 Å². The zero-order chi connectivity index (χ0) is 11.9. The van der Waals surface area contributed by atoms with E-state index < -0.39 is 0 Å². The van der Waals surface area contributed by atoms with E-state index in [9.17, 15) is 0 Å². The Labute approximate surface area is 104 Å². The Morgan fingerprint density at radius 3 is 2.53 bits per heavy atom. The molecule has 0 heterocycles. The Morgan fingerprint density at radius 2 is 1.94 bits per heavy atom. The summed E-state index contributed by atoms with van der Waals surface area (Å²) in [5.74, 6) is 2.89. The Balaban J connectivity index is 1.70. The smallest absolute Gasteiger partial charge is 0.123 e. The average molecular weight is 230 g/mol. The van der Waals surface area contributed by atoms with Gasteiger partial charge in [-0.15, -0.1) is 0 Å². The van der Waals surface area contributed by atoms with Crippen LogP contribution in [0.3, 0.4) is 0 Å². The molecule has 0 radical (unpaired) electrons. The molecule has 4 rings (SSSR count). The monoisotopic (exact) mass is 230 g/mol. The molecule has 1 aromatic carbocycles. The molecule has 1 aromatic rings. The van der Waals surface area contributed by atoms with Gasteiger partial charge in [-0.1, -0.05) is 32.0 Å². The Hall–Kier alpha value is -0.980. The van der Waals surface area contributed by atoms with E-state index in [-0.39, 0.29) is 0 Å². The fourth-order valence-corrected chi connectivity index (χ4v) is 3.24. The summed E-state index contributed by atoms with van der Waals surface area (Å²) in [4.78, 5) is 0. The summed E-state index contributed by atoms with van der Waals surface area (Å²) in [6.45, 7) is 5.35. The predicted molar refractivity (Wildman–Crippen MR) is 70.4 cm³/mol.